The standard InChI is InChI=1S/C9H15N3O3/c1-3-15-9(14)8-7(10)5-12(11-8)4-6(2)13/h5-6,13H,3-4,10H2,1-2H3. The zero-order valence-electron chi connectivity index (χ0n) is 8.80. The summed E-state index contributed by atoms with van der Waals surface area (Å²) in [7, 11) is 0. The minimum absolute atomic E-state index is 0.0949. The van der Waals surface area contributed by atoms with Crippen LogP contribution in [-0.4, -0.2) is 33.6 Å². The Labute approximate surface area is 87.6 Å². The second-order valence-corrected chi connectivity index (χ2v) is 3.22. The summed E-state index contributed by atoms with van der Waals surface area (Å²) in [5.74, 6) is -0.542. The summed E-state index contributed by atoms with van der Waals surface area (Å²) in [6, 6.07) is 0. The highest BCUT2D eigenvalue weighted by Gasteiger charge is 2.16. The Morgan fingerprint density at radius 3 is 3.00 bits per heavy atom. The Hall–Kier alpha value is -1.56. The lowest BCUT2D eigenvalue weighted by molar-refractivity contribution is 0.0518. The van der Waals surface area contributed by atoms with Crippen molar-refractivity contribution in [2.24, 2.45) is 0 Å². The van der Waals surface area contributed by atoms with Gasteiger partial charge in [0.15, 0.2) is 5.69 Å². The Kier molecular flexibility index (Phi) is 3.68. The molecule has 0 aliphatic rings. The molecule has 0 amide bonds. The monoisotopic (exact) mass is 213 g/mol. The molecule has 0 saturated carbocycles. The fourth-order valence-corrected chi connectivity index (χ4v) is 1.16. The van der Waals surface area contributed by atoms with E-state index in [0.29, 0.717) is 6.54 Å². The first-order valence-corrected chi connectivity index (χ1v) is 4.72. The fourth-order valence-electron chi connectivity index (χ4n) is 1.16. The normalized spacial score (nSPS) is 12.5. The SMILES string of the molecule is CCOC(=O)c1nn(CC(C)O)cc1N. The van der Waals surface area contributed by atoms with Crippen LogP contribution in [0.4, 0.5) is 5.69 Å². The topological polar surface area (TPSA) is 90.4 Å². The van der Waals surface area contributed by atoms with Crippen LogP contribution in [0.5, 0.6) is 0 Å². The third-order valence-electron chi connectivity index (χ3n) is 1.71. The van der Waals surface area contributed by atoms with E-state index in [1.165, 1.54) is 10.9 Å². The molecule has 1 heterocycles. The number of nitrogens with two attached hydrogens (primary N) is 1. The number of esters is 1. The fraction of sp³-hybridized carbons (Fsp3) is 0.556. The van der Waals surface area contributed by atoms with E-state index < -0.39 is 12.1 Å². The lowest BCUT2D eigenvalue weighted by Crippen LogP contribution is -2.13. The Morgan fingerprint density at radius 1 is 1.80 bits per heavy atom. The molecule has 15 heavy (non-hydrogen) atoms. The molecular weight excluding hydrogens is 198 g/mol. The van der Waals surface area contributed by atoms with Gasteiger partial charge in [-0.15, -0.1) is 0 Å². The third-order valence-corrected chi connectivity index (χ3v) is 1.71. The molecule has 6 heteroatoms. The van der Waals surface area contributed by atoms with Gasteiger partial charge in [-0.1, -0.05) is 0 Å². The molecule has 3 N–H and O–H groups in total. The van der Waals surface area contributed by atoms with Gasteiger partial charge in [-0.3, -0.25) is 4.68 Å². The molecule has 0 aromatic carbocycles. The number of carbonyl (C=O) groups is 1. The van der Waals surface area contributed by atoms with Gasteiger partial charge in [0.1, 0.15) is 0 Å². The maximum Gasteiger partial charge on any atom is 0.361 e. The molecule has 0 aliphatic carbocycles. The van der Waals surface area contributed by atoms with E-state index in [1.807, 2.05) is 0 Å². The molecule has 0 spiro atoms. The van der Waals surface area contributed by atoms with E-state index in [0.717, 1.165) is 0 Å². The predicted octanol–water partition coefficient (Wildman–Crippen LogP) is 0.0228. The summed E-state index contributed by atoms with van der Waals surface area (Å²) in [6.07, 6.45) is 0.957. The van der Waals surface area contributed by atoms with Crippen molar-refractivity contribution in [1.82, 2.24) is 9.78 Å². The van der Waals surface area contributed by atoms with E-state index in [-0.39, 0.29) is 18.0 Å². The van der Waals surface area contributed by atoms with Gasteiger partial charge in [-0.05, 0) is 13.8 Å². The zero-order chi connectivity index (χ0) is 11.4. The number of anilines is 1. The number of aliphatic hydroxyl groups is 1. The van der Waals surface area contributed by atoms with Crippen molar-refractivity contribution in [2.75, 3.05) is 12.3 Å². The third kappa shape index (κ3) is 2.95. The van der Waals surface area contributed by atoms with Crippen LogP contribution < -0.4 is 5.73 Å². The van der Waals surface area contributed by atoms with E-state index in [9.17, 15) is 4.79 Å². The summed E-state index contributed by atoms with van der Waals surface area (Å²) in [6.45, 7) is 3.91. The Morgan fingerprint density at radius 2 is 2.47 bits per heavy atom. The highest BCUT2D eigenvalue weighted by atomic mass is 16.5. The molecule has 0 saturated heterocycles. The number of aromatic nitrogens is 2. The van der Waals surface area contributed by atoms with E-state index >= 15 is 0 Å². The number of hydrogen-bond acceptors (Lipinski definition) is 5. The zero-order valence-corrected chi connectivity index (χ0v) is 8.80. The van der Waals surface area contributed by atoms with Crippen LogP contribution in [-0.2, 0) is 11.3 Å². The van der Waals surface area contributed by atoms with Gasteiger partial charge in [0.05, 0.1) is 24.9 Å². The summed E-state index contributed by atoms with van der Waals surface area (Å²) in [4.78, 5) is 11.3. The van der Waals surface area contributed by atoms with Gasteiger partial charge in [0.2, 0.25) is 0 Å². The van der Waals surface area contributed by atoms with Crippen LogP contribution in [0.25, 0.3) is 0 Å². The first-order chi connectivity index (χ1) is 7.04. The largest absolute Gasteiger partial charge is 0.461 e. The molecule has 0 radical (unpaired) electrons. The highest BCUT2D eigenvalue weighted by Crippen LogP contribution is 2.10. The molecule has 1 aromatic heterocycles. The molecule has 1 unspecified atom stereocenters. The van der Waals surface area contributed by atoms with Crippen molar-refractivity contribution in [1.29, 1.82) is 0 Å². The van der Waals surface area contributed by atoms with Crippen LogP contribution in [0.1, 0.15) is 24.3 Å². The highest BCUT2D eigenvalue weighted by molar-refractivity contribution is 5.92. The number of nitrogens with zero attached hydrogens (tertiary/aromatic N) is 2. The minimum atomic E-state index is -0.542. The van der Waals surface area contributed by atoms with Crippen molar-refractivity contribution in [3.8, 4) is 0 Å². The van der Waals surface area contributed by atoms with Crippen LogP contribution in [0.3, 0.4) is 0 Å². The molecular formula is C9H15N3O3. The Bertz CT molecular complexity index is 346. The summed E-state index contributed by atoms with van der Waals surface area (Å²) in [5.41, 5.74) is 5.94. The number of hydrogen-bond donors (Lipinski definition) is 2. The molecule has 84 valence electrons. The van der Waals surface area contributed by atoms with E-state index in [2.05, 4.69) is 5.10 Å². The number of nitrogen functional groups attached to an aromatic ring is 1. The Balaban J connectivity index is 2.81. The van der Waals surface area contributed by atoms with Crippen molar-refractivity contribution in [3.05, 3.63) is 11.9 Å². The van der Waals surface area contributed by atoms with Crippen LogP contribution in [0.2, 0.25) is 0 Å². The van der Waals surface area contributed by atoms with Crippen LogP contribution in [0.15, 0.2) is 6.20 Å². The van der Waals surface area contributed by atoms with Crippen molar-refractivity contribution in [2.45, 2.75) is 26.5 Å². The average molecular weight is 213 g/mol. The van der Waals surface area contributed by atoms with Gasteiger partial charge in [-0.2, -0.15) is 5.10 Å². The van der Waals surface area contributed by atoms with Crippen LogP contribution in [0, 0.1) is 0 Å². The van der Waals surface area contributed by atoms with E-state index in [4.69, 9.17) is 15.6 Å². The van der Waals surface area contributed by atoms with Gasteiger partial charge >= 0.3 is 5.97 Å². The first kappa shape index (κ1) is 11.5. The summed E-state index contributed by atoms with van der Waals surface area (Å²) < 4.78 is 6.19. The number of aliphatic hydroxyl groups excluding tert-OH is 1. The average Bonchev–Trinajstić information content (AvgIpc) is 2.46. The smallest absolute Gasteiger partial charge is 0.361 e. The van der Waals surface area contributed by atoms with Crippen LogP contribution >= 0.6 is 0 Å². The number of ether oxygens (including phenoxy) is 1. The van der Waals surface area contributed by atoms with Gasteiger partial charge in [0, 0.05) is 6.20 Å². The molecule has 1 rings (SSSR count). The molecule has 0 fully saturated rings. The van der Waals surface area contributed by atoms with Gasteiger partial charge in [0.25, 0.3) is 0 Å². The lowest BCUT2D eigenvalue weighted by atomic mass is 10.4. The van der Waals surface area contributed by atoms with Gasteiger partial charge in [-0.25, -0.2) is 4.79 Å². The van der Waals surface area contributed by atoms with Gasteiger partial charge < -0.3 is 15.6 Å². The van der Waals surface area contributed by atoms with Crippen molar-refractivity contribution >= 4 is 11.7 Å². The minimum Gasteiger partial charge on any atom is -0.461 e. The second kappa shape index (κ2) is 4.79. The van der Waals surface area contributed by atoms with Crippen molar-refractivity contribution < 1.29 is 14.6 Å². The molecule has 0 bridgehead atoms. The molecule has 1 aromatic rings. The quantitative estimate of drug-likeness (QED) is 0.688. The maximum atomic E-state index is 11.3. The second-order valence-electron chi connectivity index (χ2n) is 3.22. The summed E-state index contributed by atoms with van der Waals surface area (Å²) >= 11 is 0. The molecule has 6 nitrogen and oxygen atoms in total. The first-order valence-electron chi connectivity index (χ1n) is 4.72. The maximum absolute atomic E-state index is 11.3. The summed E-state index contributed by atoms with van der Waals surface area (Å²) in [5, 5.41) is 13.1. The van der Waals surface area contributed by atoms with Crippen molar-refractivity contribution in [3.63, 3.8) is 0 Å². The molecule has 0 aliphatic heterocycles. The number of carbonyl (C=O) groups excluding carboxylic acids is 1. The lowest BCUT2D eigenvalue weighted by Gasteiger charge is -2.02. The predicted molar refractivity (Wildman–Crippen MR) is 54.3 cm³/mol. The molecule has 1 atom stereocenters. The van der Waals surface area contributed by atoms with E-state index in [1.54, 1.807) is 13.8 Å². The number of rotatable bonds is 4.